The Morgan fingerprint density at radius 1 is 1.00 bits per heavy atom. The highest BCUT2D eigenvalue weighted by Gasteiger charge is 2.13. The van der Waals surface area contributed by atoms with Crippen LogP contribution in [0.25, 0.3) is 0 Å². The van der Waals surface area contributed by atoms with Crippen LogP contribution in [0.4, 0.5) is 0 Å². The molecule has 0 N–H and O–H groups in total. The molecule has 0 aliphatic rings. The molecule has 0 saturated carbocycles. The first-order valence-corrected chi connectivity index (χ1v) is 7.09. The highest BCUT2D eigenvalue weighted by molar-refractivity contribution is 5.94. The van der Waals surface area contributed by atoms with Gasteiger partial charge in [0.15, 0.2) is 23.9 Å². The van der Waals surface area contributed by atoms with Gasteiger partial charge in [-0.2, -0.15) is 0 Å². The van der Waals surface area contributed by atoms with Crippen molar-refractivity contribution >= 4 is 11.8 Å². The van der Waals surface area contributed by atoms with Gasteiger partial charge >= 0.3 is 5.97 Å². The fourth-order valence-corrected chi connectivity index (χ4v) is 1.98. The standard InChI is InChI=1S/C18H18O5/c1-12-6-4-5-7-15(12)22-11-18(20)23-16-9-8-14(13(2)19)10-17(16)21-3/h4-10H,11H2,1-3H3. The van der Waals surface area contributed by atoms with Crippen LogP contribution in [0, 0.1) is 6.92 Å². The fourth-order valence-electron chi connectivity index (χ4n) is 1.98. The van der Waals surface area contributed by atoms with E-state index in [0.29, 0.717) is 17.1 Å². The fraction of sp³-hybridized carbons (Fsp3) is 0.222. The van der Waals surface area contributed by atoms with E-state index in [1.54, 1.807) is 12.1 Å². The Morgan fingerprint density at radius 3 is 2.39 bits per heavy atom. The Bertz CT molecular complexity index is 721. The number of hydrogen-bond donors (Lipinski definition) is 0. The molecule has 0 amide bonds. The van der Waals surface area contributed by atoms with Gasteiger partial charge in [0.25, 0.3) is 0 Å². The molecule has 5 heteroatoms. The van der Waals surface area contributed by atoms with Crippen molar-refractivity contribution in [2.45, 2.75) is 13.8 Å². The average Bonchev–Trinajstić information content (AvgIpc) is 2.54. The normalized spacial score (nSPS) is 10.0. The number of ether oxygens (including phenoxy) is 3. The maximum absolute atomic E-state index is 11.9. The first kappa shape index (κ1) is 16.5. The zero-order chi connectivity index (χ0) is 16.8. The van der Waals surface area contributed by atoms with E-state index in [0.717, 1.165) is 5.56 Å². The second kappa shape index (κ2) is 7.45. The summed E-state index contributed by atoms with van der Waals surface area (Å²) in [6.45, 7) is 3.13. The summed E-state index contributed by atoms with van der Waals surface area (Å²) in [5, 5.41) is 0. The van der Waals surface area contributed by atoms with E-state index in [1.165, 1.54) is 26.2 Å². The number of carbonyl (C=O) groups is 2. The van der Waals surface area contributed by atoms with Gasteiger partial charge in [0.2, 0.25) is 0 Å². The lowest BCUT2D eigenvalue weighted by Crippen LogP contribution is -2.18. The molecule has 0 atom stereocenters. The molecule has 2 rings (SSSR count). The van der Waals surface area contributed by atoms with Crippen LogP contribution in [0.15, 0.2) is 42.5 Å². The lowest BCUT2D eigenvalue weighted by Gasteiger charge is -2.11. The predicted molar refractivity (Wildman–Crippen MR) is 85.3 cm³/mol. The van der Waals surface area contributed by atoms with Crippen LogP contribution < -0.4 is 14.2 Å². The molecule has 5 nitrogen and oxygen atoms in total. The number of hydrogen-bond acceptors (Lipinski definition) is 5. The van der Waals surface area contributed by atoms with E-state index in [4.69, 9.17) is 14.2 Å². The second-order valence-electron chi connectivity index (χ2n) is 4.95. The van der Waals surface area contributed by atoms with E-state index >= 15 is 0 Å². The van der Waals surface area contributed by atoms with Crippen molar-refractivity contribution in [3.63, 3.8) is 0 Å². The zero-order valence-electron chi connectivity index (χ0n) is 13.3. The molecule has 2 aromatic rings. The smallest absolute Gasteiger partial charge is 0.349 e. The maximum Gasteiger partial charge on any atom is 0.349 e. The number of esters is 1. The highest BCUT2D eigenvalue weighted by Crippen LogP contribution is 2.28. The highest BCUT2D eigenvalue weighted by atomic mass is 16.6. The van der Waals surface area contributed by atoms with Crippen molar-refractivity contribution in [3.05, 3.63) is 53.6 Å². The van der Waals surface area contributed by atoms with Crippen molar-refractivity contribution in [1.29, 1.82) is 0 Å². The molecule has 0 unspecified atom stereocenters. The van der Waals surface area contributed by atoms with Gasteiger partial charge in [0.1, 0.15) is 5.75 Å². The molecule has 0 fully saturated rings. The zero-order valence-corrected chi connectivity index (χ0v) is 13.3. The van der Waals surface area contributed by atoms with Crippen molar-refractivity contribution in [2.75, 3.05) is 13.7 Å². The number of para-hydroxylation sites is 1. The lowest BCUT2D eigenvalue weighted by atomic mass is 10.1. The average molecular weight is 314 g/mol. The predicted octanol–water partition coefficient (Wildman–Crippen LogP) is 3.19. The van der Waals surface area contributed by atoms with E-state index < -0.39 is 5.97 Å². The van der Waals surface area contributed by atoms with Crippen LogP contribution in [-0.2, 0) is 4.79 Å². The molecule has 0 aliphatic carbocycles. The van der Waals surface area contributed by atoms with Crippen molar-refractivity contribution in [3.8, 4) is 17.2 Å². The molecule has 0 saturated heterocycles. The number of ketones is 1. The summed E-state index contributed by atoms with van der Waals surface area (Å²) in [5.41, 5.74) is 1.42. The van der Waals surface area contributed by atoms with Crippen LogP contribution in [-0.4, -0.2) is 25.5 Å². The first-order valence-electron chi connectivity index (χ1n) is 7.09. The van der Waals surface area contributed by atoms with Gasteiger partial charge in [-0.05, 0) is 43.7 Å². The summed E-state index contributed by atoms with van der Waals surface area (Å²) in [4.78, 5) is 23.3. The summed E-state index contributed by atoms with van der Waals surface area (Å²) >= 11 is 0. The number of Topliss-reactive ketones (excluding diaryl/α,β-unsaturated/α-hetero) is 1. The topological polar surface area (TPSA) is 61.8 Å². The molecule has 0 bridgehead atoms. The number of rotatable bonds is 6. The van der Waals surface area contributed by atoms with E-state index in [-0.39, 0.29) is 18.1 Å². The van der Waals surface area contributed by atoms with E-state index in [1.807, 2.05) is 25.1 Å². The number of benzene rings is 2. The van der Waals surface area contributed by atoms with Gasteiger partial charge in [-0.15, -0.1) is 0 Å². The summed E-state index contributed by atoms with van der Waals surface area (Å²) in [5.74, 6) is 0.548. The third kappa shape index (κ3) is 4.32. The van der Waals surface area contributed by atoms with Gasteiger partial charge in [0, 0.05) is 5.56 Å². The summed E-state index contributed by atoms with van der Waals surface area (Å²) in [6.07, 6.45) is 0. The summed E-state index contributed by atoms with van der Waals surface area (Å²) < 4.78 is 15.8. The molecule has 120 valence electrons. The molecule has 2 aromatic carbocycles. The number of methoxy groups -OCH3 is 1. The Hall–Kier alpha value is -2.82. The van der Waals surface area contributed by atoms with E-state index in [2.05, 4.69) is 0 Å². The molecule has 0 spiro atoms. The molecule has 0 aliphatic heterocycles. The van der Waals surface area contributed by atoms with Crippen LogP contribution >= 0.6 is 0 Å². The van der Waals surface area contributed by atoms with Crippen molar-refractivity contribution in [2.24, 2.45) is 0 Å². The van der Waals surface area contributed by atoms with Crippen LogP contribution in [0.2, 0.25) is 0 Å². The molecule has 0 heterocycles. The Labute approximate surface area is 134 Å². The quantitative estimate of drug-likeness (QED) is 0.465. The largest absolute Gasteiger partial charge is 0.493 e. The number of carbonyl (C=O) groups excluding carboxylic acids is 2. The van der Waals surface area contributed by atoms with E-state index in [9.17, 15) is 9.59 Å². The van der Waals surface area contributed by atoms with Gasteiger partial charge in [-0.3, -0.25) is 4.79 Å². The van der Waals surface area contributed by atoms with Crippen molar-refractivity contribution < 1.29 is 23.8 Å². The molecular formula is C18H18O5. The van der Waals surface area contributed by atoms with Gasteiger partial charge in [-0.25, -0.2) is 4.79 Å². The van der Waals surface area contributed by atoms with Crippen LogP contribution in [0.1, 0.15) is 22.8 Å². The van der Waals surface area contributed by atoms with Gasteiger partial charge < -0.3 is 14.2 Å². The van der Waals surface area contributed by atoms with Gasteiger partial charge in [-0.1, -0.05) is 18.2 Å². The summed E-state index contributed by atoms with van der Waals surface area (Å²) in [7, 11) is 1.44. The second-order valence-corrected chi connectivity index (χ2v) is 4.95. The monoisotopic (exact) mass is 314 g/mol. The maximum atomic E-state index is 11.9. The Kier molecular flexibility index (Phi) is 5.36. The Balaban J connectivity index is 2.03. The van der Waals surface area contributed by atoms with Gasteiger partial charge in [0.05, 0.1) is 7.11 Å². The van der Waals surface area contributed by atoms with Crippen LogP contribution in [0.3, 0.4) is 0 Å². The third-order valence-electron chi connectivity index (χ3n) is 3.23. The first-order chi connectivity index (χ1) is 11.0. The summed E-state index contributed by atoms with van der Waals surface area (Å²) in [6, 6.07) is 12.0. The third-order valence-corrected chi connectivity index (χ3v) is 3.23. The SMILES string of the molecule is COc1cc(C(C)=O)ccc1OC(=O)COc1ccccc1C. The molecule has 0 aromatic heterocycles. The number of aryl methyl sites for hydroxylation is 1. The minimum atomic E-state index is -0.554. The minimum absolute atomic E-state index is 0.0935. The minimum Gasteiger partial charge on any atom is -0.493 e. The molecule has 0 radical (unpaired) electrons. The molecule has 23 heavy (non-hydrogen) atoms. The molecular weight excluding hydrogens is 296 g/mol. The van der Waals surface area contributed by atoms with Crippen molar-refractivity contribution in [1.82, 2.24) is 0 Å². The Morgan fingerprint density at radius 2 is 1.74 bits per heavy atom. The van der Waals surface area contributed by atoms with Crippen LogP contribution in [0.5, 0.6) is 17.2 Å². The lowest BCUT2D eigenvalue weighted by molar-refractivity contribution is -0.136.